The van der Waals surface area contributed by atoms with Gasteiger partial charge in [0.2, 0.25) is 5.91 Å². The third kappa shape index (κ3) is 5.44. The number of carbonyl (C=O) groups is 3. The van der Waals surface area contributed by atoms with Crippen LogP contribution in [0.25, 0.3) is 0 Å². The second-order valence-electron chi connectivity index (χ2n) is 7.34. The van der Waals surface area contributed by atoms with Crippen molar-refractivity contribution in [3.63, 3.8) is 0 Å². The maximum absolute atomic E-state index is 12.7. The van der Waals surface area contributed by atoms with Gasteiger partial charge in [-0.25, -0.2) is 0 Å². The Morgan fingerprint density at radius 1 is 0.897 bits per heavy atom. The van der Waals surface area contributed by atoms with Gasteiger partial charge in [-0.15, -0.1) is 0 Å². The van der Waals surface area contributed by atoms with E-state index in [2.05, 4.69) is 10.6 Å². The minimum atomic E-state index is -1.18. The number of para-hydroxylation sites is 1. The summed E-state index contributed by atoms with van der Waals surface area (Å²) in [6, 6.07) is 16.6. The zero-order valence-corrected chi connectivity index (χ0v) is 16.2. The number of carbonyl (C=O) groups excluding carboxylic acids is 3. The van der Waals surface area contributed by atoms with Gasteiger partial charge in [-0.2, -0.15) is 0 Å². The number of hydrogen-bond acceptors (Lipinski definition) is 4. The van der Waals surface area contributed by atoms with Gasteiger partial charge in [-0.3, -0.25) is 9.59 Å². The fraction of sp³-hybridized carbons (Fsp3) is 0.348. The first-order valence-corrected chi connectivity index (χ1v) is 9.99. The predicted molar refractivity (Wildman–Crippen MR) is 108 cm³/mol. The van der Waals surface area contributed by atoms with Crippen LogP contribution in [0.3, 0.4) is 0 Å². The number of rotatable bonds is 7. The summed E-state index contributed by atoms with van der Waals surface area (Å²) in [5.41, 5.74) is 1.87. The smallest absolute Gasteiger partial charge is 0.253 e. The van der Waals surface area contributed by atoms with Crippen LogP contribution in [0, 0.1) is 11.8 Å². The topological polar surface area (TPSA) is 98.3 Å². The highest BCUT2D eigenvalue weighted by Crippen LogP contribution is 2.31. The van der Waals surface area contributed by atoms with Crippen LogP contribution in [0.2, 0.25) is 0 Å². The minimum Gasteiger partial charge on any atom is -0.550 e. The molecule has 2 amide bonds. The lowest BCUT2D eigenvalue weighted by Gasteiger charge is -2.31. The Kier molecular flexibility index (Phi) is 7.00. The second-order valence-corrected chi connectivity index (χ2v) is 7.34. The number of carboxylic acid groups (broad SMARTS) is 1. The molecule has 1 saturated carbocycles. The third-order valence-corrected chi connectivity index (χ3v) is 5.38. The molecule has 1 aliphatic rings. The Morgan fingerprint density at radius 3 is 2.28 bits per heavy atom. The lowest BCUT2D eigenvalue weighted by atomic mass is 9.78. The molecule has 1 fully saturated rings. The Balaban J connectivity index is 1.64. The Labute approximate surface area is 170 Å². The van der Waals surface area contributed by atoms with Crippen molar-refractivity contribution >= 4 is 23.5 Å². The van der Waals surface area contributed by atoms with Crippen molar-refractivity contribution in [2.45, 2.75) is 32.1 Å². The molecule has 152 valence electrons. The number of benzene rings is 2. The molecule has 0 aromatic heterocycles. The number of aliphatic carboxylic acids is 1. The van der Waals surface area contributed by atoms with Crippen molar-refractivity contribution in [3.05, 3.63) is 65.7 Å². The first kappa shape index (κ1) is 20.6. The van der Waals surface area contributed by atoms with Crippen molar-refractivity contribution in [1.29, 1.82) is 0 Å². The highest BCUT2D eigenvalue weighted by atomic mass is 16.4. The van der Waals surface area contributed by atoms with Crippen LogP contribution < -0.4 is 15.7 Å². The summed E-state index contributed by atoms with van der Waals surface area (Å²) in [7, 11) is 0. The summed E-state index contributed by atoms with van der Waals surface area (Å²) in [5.74, 6) is -3.25. The fourth-order valence-electron chi connectivity index (χ4n) is 3.80. The number of hydrogen-bond donors (Lipinski definition) is 2. The van der Waals surface area contributed by atoms with E-state index in [1.54, 1.807) is 24.3 Å². The second kappa shape index (κ2) is 9.87. The van der Waals surface area contributed by atoms with Crippen LogP contribution >= 0.6 is 0 Å². The quantitative estimate of drug-likeness (QED) is 0.753. The Bertz CT molecular complexity index is 866. The Morgan fingerprint density at radius 2 is 1.55 bits per heavy atom. The molecule has 29 heavy (non-hydrogen) atoms. The molecule has 0 unspecified atom stereocenters. The molecule has 2 aromatic carbocycles. The van der Waals surface area contributed by atoms with E-state index in [9.17, 15) is 19.5 Å². The molecular weight excluding hydrogens is 368 g/mol. The normalized spacial score (nSPS) is 18.6. The average molecular weight is 393 g/mol. The first-order valence-electron chi connectivity index (χ1n) is 9.99. The van der Waals surface area contributed by atoms with Gasteiger partial charge < -0.3 is 20.5 Å². The number of carboxylic acids is 1. The maximum Gasteiger partial charge on any atom is 0.253 e. The number of amides is 2. The lowest BCUT2D eigenvalue weighted by molar-refractivity contribution is -0.313. The van der Waals surface area contributed by atoms with Crippen molar-refractivity contribution in [1.82, 2.24) is 5.32 Å². The molecule has 6 heteroatoms. The van der Waals surface area contributed by atoms with Crippen LogP contribution in [0.15, 0.2) is 54.6 Å². The predicted octanol–water partition coefficient (Wildman–Crippen LogP) is 2.15. The summed E-state index contributed by atoms with van der Waals surface area (Å²) in [6.45, 7) is 0.473. The molecule has 2 atom stereocenters. The summed E-state index contributed by atoms with van der Waals surface area (Å²) < 4.78 is 0. The van der Waals surface area contributed by atoms with E-state index < -0.39 is 17.8 Å². The van der Waals surface area contributed by atoms with E-state index in [0.717, 1.165) is 18.4 Å². The fourth-order valence-corrected chi connectivity index (χ4v) is 3.80. The third-order valence-electron chi connectivity index (χ3n) is 5.38. The van der Waals surface area contributed by atoms with Crippen LogP contribution in [-0.4, -0.2) is 24.3 Å². The molecular formula is C23H25N2O4-. The SMILES string of the molecule is O=C(NCCc1ccccc1)c1ccccc1NC(=O)[C@@H]1CCCC[C@@H]1C(=O)[O-]. The standard InChI is InChI=1S/C23H26N2O4/c26-21(24-15-14-16-8-2-1-3-9-16)19-12-6-7-13-20(19)25-22(27)17-10-4-5-11-18(17)23(28)29/h1-3,6-9,12-13,17-18H,4-5,10-11,14-15H2,(H,24,26)(H,25,27)(H,28,29)/p-1/t17-,18+/m1/s1. The van der Waals surface area contributed by atoms with Crippen molar-refractivity contribution < 1.29 is 19.5 Å². The van der Waals surface area contributed by atoms with Crippen LogP contribution in [0.1, 0.15) is 41.6 Å². The van der Waals surface area contributed by atoms with Gasteiger partial charge in [0.15, 0.2) is 0 Å². The molecule has 2 aromatic rings. The van der Waals surface area contributed by atoms with E-state index in [1.807, 2.05) is 30.3 Å². The zero-order chi connectivity index (χ0) is 20.6. The highest BCUT2D eigenvalue weighted by Gasteiger charge is 2.32. The summed E-state index contributed by atoms with van der Waals surface area (Å²) >= 11 is 0. The maximum atomic E-state index is 12.7. The van der Waals surface area contributed by atoms with Crippen molar-refractivity contribution in [2.24, 2.45) is 11.8 Å². The van der Waals surface area contributed by atoms with Gasteiger partial charge >= 0.3 is 0 Å². The van der Waals surface area contributed by atoms with Crippen molar-refractivity contribution in [3.8, 4) is 0 Å². The molecule has 0 saturated heterocycles. The van der Waals surface area contributed by atoms with Gasteiger partial charge in [-0.1, -0.05) is 55.3 Å². The van der Waals surface area contributed by atoms with Crippen molar-refractivity contribution in [2.75, 3.05) is 11.9 Å². The molecule has 0 bridgehead atoms. The highest BCUT2D eigenvalue weighted by molar-refractivity contribution is 6.04. The molecule has 6 nitrogen and oxygen atoms in total. The molecule has 0 aliphatic heterocycles. The Hall–Kier alpha value is -3.15. The summed E-state index contributed by atoms with van der Waals surface area (Å²) in [6.07, 6.45) is 3.25. The van der Waals surface area contributed by atoms with E-state index in [1.165, 1.54) is 0 Å². The monoisotopic (exact) mass is 393 g/mol. The average Bonchev–Trinajstić information content (AvgIpc) is 2.74. The largest absolute Gasteiger partial charge is 0.550 e. The van der Waals surface area contributed by atoms with E-state index in [4.69, 9.17) is 0 Å². The summed E-state index contributed by atoms with van der Waals surface area (Å²) in [4.78, 5) is 36.7. The van der Waals surface area contributed by atoms with Gasteiger partial charge in [0.25, 0.3) is 5.91 Å². The van der Waals surface area contributed by atoms with Crippen LogP contribution in [-0.2, 0) is 16.0 Å². The van der Waals surface area contributed by atoms with Gasteiger partial charge in [0.1, 0.15) is 0 Å². The molecule has 0 radical (unpaired) electrons. The number of anilines is 1. The van der Waals surface area contributed by atoms with E-state index in [0.29, 0.717) is 37.1 Å². The molecule has 3 rings (SSSR count). The van der Waals surface area contributed by atoms with Gasteiger partial charge in [0, 0.05) is 24.3 Å². The van der Waals surface area contributed by atoms with Crippen LogP contribution in [0.5, 0.6) is 0 Å². The lowest BCUT2D eigenvalue weighted by Crippen LogP contribution is -2.42. The molecule has 2 N–H and O–H groups in total. The summed E-state index contributed by atoms with van der Waals surface area (Å²) in [5, 5.41) is 17.0. The zero-order valence-electron chi connectivity index (χ0n) is 16.2. The van der Waals surface area contributed by atoms with Gasteiger partial charge in [0.05, 0.1) is 11.3 Å². The van der Waals surface area contributed by atoms with E-state index in [-0.39, 0.29) is 11.8 Å². The van der Waals surface area contributed by atoms with E-state index >= 15 is 0 Å². The molecule has 0 heterocycles. The van der Waals surface area contributed by atoms with Gasteiger partial charge in [-0.05, 0) is 37.0 Å². The first-order chi connectivity index (χ1) is 14.1. The van der Waals surface area contributed by atoms with Crippen LogP contribution in [0.4, 0.5) is 5.69 Å². The number of nitrogens with one attached hydrogen (secondary N) is 2. The molecule has 1 aliphatic carbocycles. The minimum absolute atomic E-state index is 0.281. The molecule has 0 spiro atoms.